The second kappa shape index (κ2) is 24.4. The lowest BCUT2D eigenvalue weighted by atomic mass is 10.1. The van der Waals surface area contributed by atoms with Crippen molar-refractivity contribution >= 4 is 5.97 Å². The maximum atomic E-state index is 11.9. The molecular formula is C26H50O4. The fourth-order valence-electron chi connectivity index (χ4n) is 3.38. The van der Waals surface area contributed by atoms with E-state index in [9.17, 15) is 9.90 Å². The van der Waals surface area contributed by atoms with Gasteiger partial charge in [0.1, 0.15) is 6.10 Å². The van der Waals surface area contributed by atoms with Gasteiger partial charge in [0.15, 0.2) is 0 Å². The van der Waals surface area contributed by atoms with Crippen molar-refractivity contribution in [2.24, 2.45) is 0 Å². The van der Waals surface area contributed by atoms with Crippen LogP contribution in [0.25, 0.3) is 0 Å². The van der Waals surface area contributed by atoms with Crippen molar-refractivity contribution in [2.45, 2.75) is 129 Å². The van der Waals surface area contributed by atoms with E-state index in [0.717, 1.165) is 32.1 Å². The Bertz CT molecular complexity index is 381. The minimum absolute atomic E-state index is 0.175. The van der Waals surface area contributed by atoms with Crippen molar-refractivity contribution in [3.05, 3.63) is 12.2 Å². The Morgan fingerprint density at radius 1 is 0.767 bits per heavy atom. The van der Waals surface area contributed by atoms with E-state index in [2.05, 4.69) is 26.0 Å². The number of carbonyl (C=O) groups is 1. The van der Waals surface area contributed by atoms with Gasteiger partial charge in [-0.1, -0.05) is 90.2 Å². The number of aliphatic hydroxyl groups is 1. The second-order valence-corrected chi connectivity index (χ2v) is 8.41. The molecule has 4 heteroatoms. The summed E-state index contributed by atoms with van der Waals surface area (Å²) < 4.78 is 10.8. The van der Waals surface area contributed by atoms with Crippen LogP contribution in [0.3, 0.4) is 0 Å². The number of ether oxygens (including phenoxy) is 2. The van der Waals surface area contributed by atoms with Gasteiger partial charge >= 0.3 is 5.97 Å². The van der Waals surface area contributed by atoms with Gasteiger partial charge in [-0.3, -0.25) is 4.79 Å². The van der Waals surface area contributed by atoms with Crippen molar-refractivity contribution in [1.82, 2.24) is 0 Å². The highest BCUT2D eigenvalue weighted by atomic mass is 16.6. The fourth-order valence-corrected chi connectivity index (χ4v) is 3.38. The molecule has 30 heavy (non-hydrogen) atoms. The molecule has 0 radical (unpaired) electrons. The maximum absolute atomic E-state index is 11.9. The predicted octanol–water partition coefficient (Wildman–Crippen LogP) is 7.13. The van der Waals surface area contributed by atoms with Gasteiger partial charge in [-0.25, -0.2) is 0 Å². The van der Waals surface area contributed by atoms with Gasteiger partial charge in [-0.05, 0) is 38.5 Å². The standard InChI is InChI=1S/C26H50O4/c1-3-5-7-8-9-10-11-12-13-14-15-16-17-18-19-21-26(28)30-25(23-27)24-29-22-20-6-4-2/h12-13,25,27H,3-11,14-24H2,1-2H3/b13-12-. The summed E-state index contributed by atoms with van der Waals surface area (Å²) in [5.41, 5.74) is 0. The van der Waals surface area contributed by atoms with Crippen molar-refractivity contribution < 1.29 is 19.4 Å². The van der Waals surface area contributed by atoms with Crippen LogP contribution in [-0.4, -0.2) is 37.0 Å². The van der Waals surface area contributed by atoms with E-state index in [1.807, 2.05) is 0 Å². The van der Waals surface area contributed by atoms with Gasteiger partial charge in [0.05, 0.1) is 13.2 Å². The topological polar surface area (TPSA) is 55.8 Å². The molecule has 0 saturated heterocycles. The van der Waals surface area contributed by atoms with E-state index in [-0.39, 0.29) is 12.6 Å². The third-order valence-electron chi connectivity index (χ3n) is 5.34. The average molecular weight is 427 g/mol. The van der Waals surface area contributed by atoms with Gasteiger partial charge in [0.2, 0.25) is 0 Å². The molecule has 0 saturated carbocycles. The lowest BCUT2D eigenvalue weighted by molar-refractivity contribution is -0.154. The van der Waals surface area contributed by atoms with Crippen molar-refractivity contribution in [3.63, 3.8) is 0 Å². The number of allylic oxidation sites excluding steroid dienone is 2. The monoisotopic (exact) mass is 426 g/mol. The summed E-state index contributed by atoms with van der Waals surface area (Å²) in [4.78, 5) is 11.9. The quantitative estimate of drug-likeness (QED) is 0.107. The molecule has 178 valence electrons. The average Bonchev–Trinajstić information content (AvgIpc) is 2.75. The molecule has 1 N–H and O–H groups in total. The highest BCUT2D eigenvalue weighted by Gasteiger charge is 2.13. The van der Waals surface area contributed by atoms with Crippen LogP contribution in [0.2, 0.25) is 0 Å². The molecule has 0 aromatic carbocycles. The van der Waals surface area contributed by atoms with Crippen molar-refractivity contribution in [3.8, 4) is 0 Å². The summed E-state index contributed by atoms with van der Waals surface area (Å²) in [6.45, 7) is 5.19. The molecule has 0 aliphatic carbocycles. The molecule has 0 amide bonds. The number of hydrogen-bond acceptors (Lipinski definition) is 4. The van der Waals surface area contributed by atoms with Crippen LogP contribution < -0.4 is 0 Å². The third kappa shape index (κ3) is 21.8. The van der Waals surface area contributed by atoms with Crippen LogP contribution in [0, 0.1) is 0 Å². The molecule has 1 unspecified atom stereocenters. The Morgan fingerprint density at radius 2 is 1.30 bits per heavy atom. The minimum Gasteiger partial charge on any atom is -0.457 e. The molecule has 4 nitrogen and oxygen atoms in total. The number of hydrogen-bond donors (Lipinski definition) is 1. The van der Waals surface area contributed by atoms with E-state index >= 15 is 0 Å². The molecule has 0 fully saturated rings. The van der Waals surface area contributed by atoms with Gasteiger partial charge in [-0.2, -0.15) is 0 Å². The summed E-state index contributed by atoms with van der Waals surface area (Å²) in [5.74, 6) is -0.219. The third-order valence-corrected chi connectivity index (χ3v) is 5.34. The van der Waals surface area contributed by atoms with Gasteiger partial charge in [0.25, 0.3) is 0 Å². The second-order valence-electron chi connectivity index (χ2n) is 8.41. The first-order valence-electron chi connectivity index (χ1n) is 12.8. The van der Waals surface area contributed by atoms with Gasteiger partial charge in [0, 0.05) is 13.0 Å². The highest BCUT2D eigenvalue weighted by Crippen LogP contribution is 2.10. The summed E-state index contributed by atoms with van der Waals surface area (Å²) in [6, 6.07) is 0. The molecule has 0 aromatic heterocycles. The molecule has 0 bridgehead atoms. The van der Waals surface area contributed by atoms with Crippen LogP contribution >= 0.6 is 0 Å². The fraction of sp³-hybridized carbons (Fsp3) is 0.885. The molecule has 0 heterocycles. The Hall–Kier alpha value is -0.870. The summed E-state index contributed by atoms with van der Waals surface area (Å²) in [5, 5.41) is 9.32. The van der Waals surface area contributed by atoms with Crippen LogP contribution in [0.4, 0.5) is 0 Å². The van der Waals surface area contributed by atoms with E-state index in [4.69, 9.17) is 9.47 Å². The van der Waals surface area contributed by atoms with Crippen LogP contribution in [-0.2, 0) is 14.3 Å². The molecule has 0 aliphatic rings. The Balaban J connectivity index is 3.43. The Labute approximate surface area is 186 Å². The first kappa shape index (κ1) is 29.1. The molecule has 1 atom stereocenters. The smallest absolute Gasteiger partial charge is 0.306 e. The zero-order valence-electron chi connectivity index (χ0n) is 20.0. The SMILES string of the molecule is CCCCCCCC/C=C\CCCCCCCC(=O)OC(CO)COCCCCC. The predicted molar refractivity (Wildman–Crippen MR) is 127 cm³/mol. The molecule has 0 aliphatic heterocycles. The first-order chi connectivity index (χ1) is 14.7. The largest absolute Gasteiger partial charge is 0.457 e. The summed E-state index contributed by atoms with van der Waals surface area (Å²) >= 11 is 0. The van der Waals surface area contributed by atoms with Crippen LogP contribution in [0.1, 0.15) is 123 Å². The maximum Gasteiger partial charge on any atom is 0.306 e. The molecule has 0 spiro atoms. The lowest BCUT2D eigenvalue weighted by Gasteiger charge is -2.15. The van der Waals surface area contributed by atoms with Crippen molar-refractivity contribution in [2.75, 3.05) is 19.8 Å². The molecule has 0 aromatic rings. The van der Waals surface area contributed by atoms with E-state index in [0.29, 0.717) is 19.6 Å². The number of unbranched alkanes of at least 4 members (excludes halogenated alkanes) is 13. The van der Waals surface area contributed by atoms with Crippen LogP contribution in [0.5, 0.6) is 0 Å². The van der Waals surface area contributed by atoms with E-state index in [1.165, 1.54) is 70.6 Å². The van der Waals surface area contributed by atoms with Crippen molar-refractivity contribution in [1.29, 1.82) is 0 Å². The Morgan fingerprint density at radius 3 is 1.90 bits per heavy atom. The van der Waals surface area contributed by atoms with Gasteiger partial charge < -0.3 is 14.6 Å². The summed E-state index contributed by atoms with van der Waals surface area (Å²) in [7, 11) is 0. The molecular weight excluding hydrogens is 376 g/mol. The number of aliphatic hydroxyl groups excluding tert-OH is 1. The summed E-state index contributed by atoms with van der Waals surface area (Å²) in [6.07, 6.45) is 24.1. The van der Waals surface area contributed by atoms with E-state index < -0.39 is 6.10 Å². The minimum atomic E-state index is -0.526. The van der Waals surface area contributed by atoms with Gasteiger partial charge in [-0.15, -0.1) is 0 Å². The molecule has 0 rings (SSSR count). The number of esters is 1. The lowest BCUT2D eigenvalue weighted by Crippen LogP contribution is -2.27. The number of carbonyl (C=O) groups excluding carboxylic acids is 1. The van der Waals surface area contributed by atoms with E-state index in [1.54, 1.807) is 0 Å². The first-order valence-corrected chi connectivity index (χ1v) is 12.8. The zero-order valence-corrected chi connectivity index (χ0v) is 20.0. The van der Waals surface area contributed by atoms with Crippen LogP contribution in [0.15, 0.2) is 12.2 Å². The zero-order chi connectivity index (χ0) is 22.1. The Kier molecular flexibility index (Phi) is 23.7. The highest BCUT2D eigenvalue weighted by molar-refractivity contribution is 5.69. The normalized spacial score (nSPS) is 12.5. The number of rotatable bonds is 23.